The summed E-state index contributed by atoms with van der Waals surface area (Å²) in [6, 6.07) is 10.1. The molecule has 0 saturated heterocycles. The largest absolute Gasteiger partial charge is 0.281 e. The quantitative estimate of drug-likeness (QED) is 0.742. The van der Waals surface area contributed by atoms with Crippen molar-refractivity contribution in [3.05, 3.63) is 58.4 Å². The van der Waals surface area contributed by atoms with E-state index in [-0.39, 0.29) is 5.91 Å². The highest BCUT2D eigenvalue weighted by Crippen LogP contribution is 2.31. The van der Waals surface area contributed by atoms with Gasteiger partial charge in [-0.2, -0.15) is 0 Å². The minimum absolute atomic E-state index is 0.0828. The van der Waals surface area contributed by atoms with E-state index >= 15 is 0 Å². The molecule has 0 radical (unpaired) electrons. The number of nitrogens with zero attached hydrogens (tertiary/aromatic N) is 1. The second kappa shape index (κ2) is 3.70. The number of benzene rings is 1. The number of carbonyl (C=O) groups is 1. The Bertz CT molecular complexity index is 672. The molecule has 0 fully saturated rings. The van der Waals surface area contributed by atoms with Gasteiger partial charge >= 0.3 is 0 Å². The molecule has 2 heterocycles. The van der Waals surface area contributed by atoms with Crippen molar-refractivity contribution in [2.45, 2.75) is 20.8 Å². The molecular formula is C16H15NO. The Kier molecular flexibility index (Phi) is 2.27. The molecule has 0 saturated carbocycles. The summed E-state index contributed by atoms with van der Waals surface area (Å²) in [4.78, 5) is 12.4. The second-order valence-corrected chi connectivity index (χ2v) is 4.92. The van der Waals surface area contributed by atoms with Crippen molar-refractivity contribution >= 4 is 17.6 Å². The number of hydrogen-bond donors (Lipinski definition) is 0. The zero-order valence-corrected chi connectivity index (χ0v) is 10.8. The summed E-state index contributed by atoms with van der Waals surface area (Å²) in [6.07, 6.45) is 2.00. The van der Waals surface area contributed by atoms with Crippen LogP contribution < -0.4 is 0 Å². The highest BCUT2D eigenvalue weighted by molar-refractivity contribution is 6.29. The first-order valence-electron chi connectivity index (χ1n) is 6.10. The van der Waals surface area contributed by atoms with Gasteiger partial charge in [0, 0.05) is 11.3 Å². The molecule has 0 bridgehead atoms. The van der Waals surface area contributed by atoms with E-state index in [1.165, 1.54) is 5.56 Å². The average Bonchev–Trinajstić information content (AvgIpc) is 2.81. The van der Waals surface area contributed by atoms with Crippen LogP contribution in [0.2, 0.25) is 0 Å². The first kappa shape index (κ1) is 11.0. The Hall–Kier alpha value is -2.09. The highest BCUT2D eigenvalue weighted by Gasteiger charge is 2.25. The molecule has 1 aliphatic heterocycles. The molecule has 3 rings (SSSR count). The van der Waals surface area contributed by atoms with E-state index in [1.54, 1.807) is 4.57 Å². The summed E-state index contributed by atoms with van der Waals surface area (Å²) in [6.45, 7) is 6.06. The molecule has 0 aliphatic carbocycles. The van der Waals surface area contributed by atoms with Gasteiger partial charge in [0.15, 0.2) is 0 Å². The number of carbonyl (C=O) groups excluding carboxylic acids is 1. The van der Waals surface area contributed by atoms with E-state index in [2.05, 4.69) is 6.07 Å². The van der Waals surface area contributed by atoms with Crippen molar-refractivity contribution in [2.24, 2.45) is 0 Å². The molecule has 2 nitrogen and oxygen atoms in total. The third-order valence-electron chi connectivity index (χ3n) is 3.50. The summed E-state index contributed by atoms with van der Waals surface area (Å²) in [7, 11) is 0. The normalized spacial score (nSPS) is 13.7. The average molecular weight is 237 g/mol. The maximum Gasteiger partial charge on any atom is 0.263 e. The minimum Gasteiger partial charge on any atom is -0.281 e. The third kappa shape index (κ3) is 1.46. The molecule has 1 aliphatic rings. The third-order valence-corrected chi connectivity index (χ3v) is 3.50. The molecule has 1 aromatic carbocycles. The summed E-state index contributed by atoms with van der Waals surface area (Å²) in [5.41, 5.74) is 6.17. The zero-order chi connectivity index (χ0) is 12.9. The monoisotopic (exact) mass is 237 g/mol. The lowest BCUT2D eigenvalue weighted by atomic mass is 10.0. The van der Waals surface area contributed by atoms with Gasteiger partial charge < -0.3 is 0 Å². The molecular weight excluding hydrogens is 222 g/mol. The van der Waals surface area contributed by atoms with Crippen LogP contribution in [0.25, 0.3) is 11.6 Å². The molecule has 18 heavy (non-hydrogen) atoms. The van der Waals surface area contributed by atoms with Gasteiger partial charge in [-0.25, -0.2) is 0 Å². The number of fused-ring (bicyclic) bond motifs is 1. The zero-order valence-electron chi connectivity index (χ0n) is 10.8. The van der Waals surface area contributed by atoms with Gasteiger partial charge in [0.2, 0.25) is 0 Å². The smallest absolute Gasteiger partial charge is 0.263 e. The van der Waals surface area contributed by atoms with Gasteiger partial charge in [-0.3, -0.25) is 9.36 Å². The van der Waals surface area contributed by atoms with Crippen LogP contribution in [0, 0.1) is 20.8 Å². The van der Waals surface area contributed by atoms with Crippen LogP contribution in [0.3, 0.4) is 0 Å². The lowest BCUT2D eigenvalue weighted by molar-refractivity contribution is 0.0982. The second-order valence-electron chi connectivity index (χ2n) is 4.92. The topological polar surface area (TPSA) is 22.0 Å². The van der Waals surface area contributed by atoms with Crippen LogP contribution in [0.4, 0.5) is 0 Å². The SMILES string of the molecule is Cc1ccc(C2=Cc3c(C)cc(C)n3C2=O)cc1. The van der Waals surface area contributed by atoms with Crippen LogP contribution in [0.5, 0.6) is 0 Å². The van der Waals surface area contributed by atoms with E-state index in [4.69, 9.17) is 0 Å². The lowest BCUT2D eigenvalue weighted by Gasteiger charge is -2.04. The van der Waals surface area contributed by atoms with E-state index in [1.807, 2.05) is 51.1 Å². The van der Waals surface area contributed by atoms with Crippen LogP contribution in [0.15, 0.2) is 30.3 Å². The highest BCUT2D eigenvalue weighted by atomic mass is 16.2. The number of aromatic nitrogens is 1. The summed E-state index contributed by atoms with van der Waals surface area (Å²) >= 11 is 0. The van der Waals surface area contributed by atoms with Crippen molar-refractivity contribution in [1.82, 2.24) is 4.57 Å². The maximum absolute atomic E-state index is 12.4. The molecule has 1 aromatic heterocycles. The lowest BCUT2D eigenvalue weighted by Crippen LogP contribution is -2.09. The van der Waals surface area contributed by atoms with Gasteiger partial charge in [0.05, 0.1) is 5.69 Å². The Morgan fingerprint density at radius 1 is 1.00 bits per heavy atom. The molecule has 2 aromatic rings. The number of aryl methyl sites for hydroxylation is 3. The van der Waals surface area contributed by atoms with E-state index < -0.39 is 0 Å². The minimum atomic E-state index is 0.0828. The van der Waals surface area contributed by atoms with Crippen LogP contribution in [-0.2, 0) is 0 Å². The van der Waals surface area contributed by atoms with E-state index in [9.17, 15) is 4.79 Å². The summed E-state index contributed by atoms with van der Waals surface area (Å²) in [5.74, 6) is 0.0828. The van der Waals surface area contributed by atoms with Crippen LogP contribution >= 0.6 is 0 Å². The Balaban J connectivity index is 2.12. The predicted octanol–water partition coefficient (Wildman–Crippen LogP) is 3.61. The number of allylic oxidation sites excluding steroid dienone is 1. The molecule has 90 valence electrons. The Morgan fingerprint density at radius 2 is 1.67 bits per heavy atom. The van der Waals surface area contributed by atoms with Crippen molar-refractivity contribution in [1.29, 1.82) is 0 Å². The van der Waals surface area contributed by atoms with E-state index in [0.29, 0.717) is 0 Å². The predicted molar refractivity (Wildman–Crippen MR) is 73.6 cm³/mol. The van der Waals surface area contributed by atoms with Crippen molar-refractivity contribution in [3.63, 3.8) is 0 Å². The first-order chi connectivity index (χ1) is 8.58. The standard InChI is InChI=1S/C16H15NO/c1-10-4-6-13(7-5-10)14-9-15-11(2)8-12(3)17(15)16(14)18/h4-9H,1-3H3. The van der Waals surface area contributed by atoms with E-state index in [0.717, 1.165) is 28.1 Å². The van der Waals surface area contributed by atoms with Gasteiger partial charge in [-0.05, 0) is 44.0 Å². The summed E-state index contributed by atoms with van der Waals surface area (Å²) < 4.78 is 1.80. The molecule has 0 unspecified atom stereocenters. The van der Waals surface area contributed by atoms with Gasteiger partial charge in [0.1, 0.15) is 0 Å². The molecule has 0 spiro atoms. The Labute approximate surface area is 107 Å². The van der Waals surface area contributed by atoms with Crippen molar-refractivity contribution in [3.8, 4) is 0 Å². The first-order valence-corrected chi connectivity index (χ1v) is 6.10. The van der Waals surface area contributed by atoms with Gasteiger partial charge in [0.25, 0.3) is 5.91 Å². The molecule has 2 heteroatoms. The molecule has 0 amide bonds. The Morgan fingerprint density at radius 3 is 2.28 bits per heavy atom. The van der Waals surface area contributed by atoms with Crippen molar-refractivity contribution < 1.29 is 4.79 Å². The van der Waals surface area contributed by atoms with Gasteiger partial charge in [-0.1, -0.05) is 29.8 Å². The molecule has 0 N–H and O–H groups in total. The van der Waals surface area contributed by atoms with Crippen LogP contribution in [0.1, 0.15) is 32.9 Å². The number of hydrogen-bond acceptors (Lipinski definition) is 1. The fraction of sp³-hybridized carbons (Fsp3) is 0.188. The van der Waals surface area contributed by atoms with Crippen LogP contribution in [-0.4, -0.2) is 10.5 Å². The van der Waals surface area contributed by atoms with Gasteiger partial charge in [-0.15, -0.1) is 0 Å². The molecule has 0 atom stereocenters. The number of rotatable bonds is 1. The van der Waals surface area contributed by atoms with Crippen molar-refractivity contribution in [2.75, 3.05) is 0 Å². The fourth-order valence-electron chi connectivity index (χ4n) is 2.52. The fourth-order valence-corrected chi connectivity index (χ4v) is 2.52. The maximum atomic E-state index is 12.4. The summed E-state index contributed by atoms with van der Waals surface area (Å²) in [5, 5.41) is 0.